The number of nitrogens with two attached hydrogens (primary N) is 1. The Kier molecular flexibility index (Phi) is 5.88. The molecule has 2 N–H and O–H groups in total. The number of hydrogen-bond acceptors (Lipinski definition) is 4. The minimum atomic E-state index is -0.646. The summed E-state index contributed by atoms with van der Waals surface area (Å²) in [6, 6.07) is 2.38. The van der Waals surface area contributed by atoms with Crippen LogP contribution in [0, 0.1) is 21.8 Å². The molecule has 0 spiro atoms. The van der Waals surface area contributed by atoms with Crippen molar-refractivity contribution in [3.05, 3.63) is 32.5 Å². The lowest BCUT2D eigenvalue weighted by atomic mass is 10.0. The van der Waals surface area contributed by atoms with Crippen LogP contribution in [-0.2, 0) is 0 Å². The highest BCUT2D eigenvalue weighted by Crippen LogP contribution is 2.32. The second-order valence-electron chi connectivity index (χ2n) is 5.13. The molecule has 0 radical (unpaired) electrons. The van der Waals surface area contributed by atoms with E-state index in [1.165, 1.54) is 6.07 Å². The summed E-state index contributed by atoms with van der Waals surface area (Å²) in [5.74, 6) is -0.300. The fourth-order valence-electron chi connectivity index (χ4n) is 1.77. The number of rotatable bonds is 6. The van der Waals surface area contributed by atoms with Crippen molar-refractivity contribution in [3.63, 3.8) is 0 Å². The van der Waals surface area contributed by atoms with Gasteiger partial charge in [0, 0.05) is 19.6 Å². The first-order valence-electron chi connectivity index (χ1n) is 6.34. The van der Waals surface area contributed by atoms with Crippen molar-refractivity contribution in [3.8, 4) is 0 Å². The first-order chi connectivity index (χ1) is 9.23. The average molecular weight is 348 g/mol. The molecule has 0 saturated carbocycles. The van der Waals surface area contributed by atoms with Crippen LogP contribution in [0.1, 0.15) is 20.3 Å². The molecule has 0 aliphatic heterocycles. The van der Waals surface area contributed by atoms with Gasteiger partial charge in [0.2, 0.25) is 0 Å². The highest BCUT2D eigenvalue weighted by Gasteiger charge is 2.21. The van der Waals surface area contributed by atoms with Gasteiger partial charge in [0.15, 0.2) is 0 Å². The fraction of sp³-hybridized carbons (Fsp3) is 0.538. The highest BCUT2D eigenvalue weighted by molar-refractivity contribution is 9.10. The van der Waals surface area contributed by atoms with E-state index in [2.05, 4.69) is 15.9 Å². The Balaban J connectivity index is 2.94. The molecular weight excluding hydrogens is 329 g/mol. The zero-order valence-electron chi connectivity index (χ0n) is 11.8. The molecule has 0 aliphatic rings. The molecule has 1 aromatic carbocycles. The average Bonchev–Trinajstić information content (AvgIpc) is 2.37. The molecule has 0 saturated heterocycles. The Morgan fingerprint density at radius 1 is 1.50 bits per heavy atom. The van der Waals surface area contributed by atoms with Gasteiger partial charge in [-0.3, -0.25) is 10.1 Å². The van der Waals surface area contributed by atoms with Gasteiger partial charge in [-0.25, -0.2) is 4.39 Å². The maximum atomic E-state index is 13.4. The highest BCUT2D eigenvalue weighted by atomic mass is 79.9. The lowest BCUT2D eigenvalue weighted by Crippen LogP contribution is -2.32. The lowest BCUT2D eigenvalue weighted by molar-refractivity contribution is -0.384. The zero-order valence-corrected chi connectivity index (χ0v) is 13.4. The molecule has 0 aromatic heterocycles. The Morgan fingerprint density at radius 2 is 2.10 bits per heavy atom. The number of nitro groups is 1. The Morgan fingerprint density at radius 3 is 2.60 bits per heavy atom. The Labute approximate surface area is 126 Å². The summed E-state index contributed by atoms with van der Waals surface area (Å²) in [5, 5.41) is 11.0. The summed E-state index contributed by atoms with van der Waals surface area (Å²) < 4.78 is 13.6. The molecule has 0 heterocycles. The van der Waals surface area contributed by atoms with Gasteiger partial charge in [-0.1, -0.05) is 13.8 Å². The first-order valence-corrected chi connectivity index (χ1v) is 7.13. The third-order valence-corrected chi connectivity index (χ3v) is 3.89. The molecular formula is C13H19BrFN3O2. The fourth-order valence-corrected chi connectivity index (χ4v) is 2.11. The molecule has 0 bridgehead atoms. The zero-order chi connectivity index (χ0) is 15.4. The van der Waals surface area contributed by atoms with Crippen molar-refractivity contribution in [2.24, 2.45) is 11.7 Å². The van der Waals surface area contributed by atoms with E-state index < -0.39 is 10.7 Å². The summed E-state index contributed by atoms with van der Waals surface area (Å²) in [5.41, 5.74) is 6.10. The summed E-state index contributed by atoms with van der Waals surface area (Å²) >= 11 is 3.05. The third-order valence-electron chi connectivity index (χ3n) is 3.28. The predicted octanol–water partition coefficient (Wildman–Crippen LogP) is 3.31. The molecule has 7 heteroatoms. The van der Waals surface area contributed by atoms with Gasteiger partial charge in [0.25, 0.3) is 5.69 Å². The van der Waals surface area contributed by atoms with Gasteiger partial charge in [-0.2, -0.15) is 0 Å². The van der Waals surface area contributed by atoms with E-state index in [-0.39, 0.29) is 16.2 Å². The molecule has 20 heavy (non-hydrogen) atoms. The van der Waals surface area contributed by atoms with Crippen LogP contribution in [0.5, 0.6) is 0 Å². The summed E-state index contributed by atoms with van der Waals surface area (Å²) in [4.78, 5) is 12.2. The number of nitrogens with zero attached hydrogens (tertiary/aromatic N) is 2. The molecule has 5 nitrogen and oxygen atoms in total. The van der Waals surface area contributed by atoms with E-state index >= 15 is 0 Å². The normalized spacial score (nSPS) is 12.6. The van der Waals surface area contributed by atoms with Crippen LogP contribution in [0.15, 0.2) is 16.6 Å². The van der Waals surface area contributed by atoms with Crippen LogP contribution in [0.2, 0.25) is 0 Å². The number of hydrogen-bond donors (Lipinski definition) is 1. The number of nitro benzene ring substituents is 1. The van der Waals surface area contributed by atoms with Crippen LogP contribution in [0.25, 0.3) is 0 Å². The Hall–Kier alpha value is -1.21. The summed E-state index contributed by atoms with van der Waals surface area (Å²) in [6.45, 7) is 4.63. The second kappa shape index (κ2) is 6.99. The largest absolute Gasteiger partial charge is 0.369 e. The van der Waals surface area contributed by atoms with Crippen molar-refractivity contribution in [2.45, 2.75) is 26.3 Å². The molecule has 0 amide bonds. The second-order valence-corrected chi connectivity index (χ2v) is 5.98. The molecule has 1 unspecified atom stereocenters. The molecule has 1 rings (SSSR count). The number of benzene rings is 1. The van der Waals surface area contributed by atoms with Crippen LogP contribution in [0.4, 0.5) is 15.8 Å². The van der Waals surface area contributed by atoms with Crippen molar-refractivity contribution in [2.75, 3.05) is 18.5 Å². The van der Waals surface area contributed by atoms with Gasteiger partial charge >= 0.3 is 0 Å². The smallest absolute Gasteiger partial charge is 0.295 e. The standard InChI is InChI=1S/C13H19BrFN3O2/c1-8(2)11(16)4-5-17(3)12-6-9(14)10(15)7-13(12)18(19)20/h6-8,11H,4-5,16H2,1-3H3. The van der Waals surface area contributed by atoms with Crippen LogP contribution >= 0.6 is 15.9 Å². The molecule has 1 atom stereocenters. The van der Waals surface area contributed by atoms with Gasteiger partial charge in [0.05, 0.1) is 15.5 Å². The van der Waals surface area contributed by atoms with E-state index in [1.807, 2.05) is 13.8 Å². The van der Waals surface area contributed by atoms with Crippen molar-refractivity contribution >= 4 is 27.3 Å². The van der Waals surface area contributed by atoms with Crippen molar-refractivity contribution in [1.29, 1.82) is 0 Å². The maximum absolute atomic E-state index is 13.4. The van der Waals surface area contributed by atoms with Crippen molar-refractivity contribution < 1.29 is 9.31 Å². The maximum Gasteiger partial charge on any atom is 0.295 e. The van der Waals surface area contributed by atoms with E-state index in [9.17, 15) is 14.5 Å². The summed E-state index contributed by atoms with van der Waals surface area (Å²) in [7, 11) is 1.74. The molecule has 0 aliphatic carbocycles. The Bertz CT molecular complexity index is 497. The third kappa shape index (κ3) is 4.14. The van der Waals surface area contributed by atoms with E-state index in [4.69, 9.17) is 5.73 Å². The van der Waals surface area contributed by atoms with Gasteiger partial charge < -0.3 is 10.6 Å². The summed E-state index contributed by atoms with van der Waals surface area (Å²) in [6.07, 6.45) is 0.709. The van der Waals surface area contributed by atoms with E-state index in [0.717, 1.165) is 6.07 Å². The minimum Gasteiger partial charge on any atom is -0.369 e. The van der Waals surface area contributed by atoms with Crippen LogP contribution in [0.3, 0.4) is 0 Å². The topological polar surface area (TPSA) is 72.4 Å². The molecule has 0 fully saturated rings. The SMILES string of the molecule is CC(C)C(N)CCN(C)c1cc(Br)c(F)cc1[N+](=O)[O-]. The van der Waals surface area contributed by atoms with E-state index in [0.29, 0.717) is 24.6 Å². The molecule has 112 valence electrons. The number of anilines is 1. The van der Waals surface area contributed by atoms with Gasteiger partial charge in [-0.15, -0.1) is 0 Å². The van der Waals surface area contributed by atoms with Crippen LogP contribution < -0.4 is 10.6 Å². The van der Waals surface area contributed by atoms with Crippen LogP contribution in [-0.4, -0.2) is 24.6 Å². The molecule has 1 aromatic rings. The first kappa shape index (κ1) is 16.8. The lowest BCUT2D eigenvalue weighted by Gasteiger charge is -2.23. The monoisotopic (exact) mass is 347 g/mol. The quantitative estimate of drug-likeness (QED) is 0.632. The number of halogens is 2. The van der Waals surface area contributed by atoms with Gasteiger partial charge in [0.1, 0.15) is 11.5 Å². The van der Waals surface area contributed by atoms with Gasteiger partial charge in [-0.05, 0) is 34.3 Å². The minimum absolute atomic E-state index is 0.0281. The van der Waals surface area contributed by atoms with E-state index in [1.54, 1.807) is 11.9 Å². The van der Waals surface area contributed by atoms with Crippen molar-refractivity contribution in [1.82, 2.24) is 0 Å². The predicted molar refractivity (Wildman–Crippen MR) is 81.5 cm³/mol.